The van der Waals surface area contributed by atoms with Crippen LogP contribution in [0.4, 0.5) is 5.69 Å². The highest BCUT2D eigenvalue weighted by Gasteiger charge is 2.11. The summed E-state index contributed by atoms with van der Waals surface area (Å²) in [6.07, 6.45) is 7.39. The van der Waals surface area contributed by atoms with Gasteiger partial charge in [-0.2, -0.15) is 0 Å². The number of anilines is 1. The van der Waals surface area contributed by atoms with Crippen LogP contribution < -0.4 is 16.3 Å². The summed E-state index contributed by atoms with van der Waals surface area (Å²) in [5, 5.41) is 2.23. The first kappa shape index (κ1) is 14.4. The van der Waals surface area contributed by atoms with E-state index >= 15 is 0 Å². The Balaban J connectivity index is 2.03. The molecule has 0 fully saturated rings. The molecule has 22 heavy (non-hydrogen) atoms. The third kappa shape index (κ3) is 2.52. The second-order valence-electron chi connectivity index (χ2n) is 5.60. The van der Waals surface area contributed by atoms with E-state index in [4.69, 9.17) is 10.5 Å². The largest absolute Gasteiger partial charge is 0.462 e. The van der Waals surface area contributed by atoms with Crippen LogP contribution in [0.5, 0.6) is 0 Å². The molecule has 0 amide bonds. The minimum Gasteiger partial charge on any atom is -0.462 e. The number of carbonyl (C=O) groups is 1. The fraction of sp³-hybridized carbons (Fsp3) is 0.278. The highest BCUT2D eigenvalue weighted by molar-refractivity contribution is 5.89. The SMILES string of the molecule is CCOC(=O)c1ccc(-n2cc(N)c3c2=CC(C)CC=3)cc1. The van der Waals surface area contributed by atoms with E-state index in [1.54, 1.807) is 19.1 Å². The molecular formula is C18H20N2O2. The number of ether oxygens (including phenoxy) is 1. The number of hydrogen-bond acceptors (Lipinski definition) is 3. The summed E-state index contributed by atoms with van der Waals surface area (Å²) in [4.78, 5) is 11.7. The van der Waals surface area contributed by atoms with Crippen molar-refractivity contribution in [2.75, 3.05) is 12.3 Å². The minimum absolute atomic E-state index is 0.295. The molecule has 1 aromatic carbocycles. The predicted molar refractivity (Wildman–Crippen MR) is 88.1 cm³/mol. The van der Waals surface area contributed by atoms with Crippen molar-refractivity contribution in [2.45, 2.75) is 20.3 Å². The molecule has 4 heteroatoms. The second kappa shape index (κ2) is 5.72. The van der Waals surface area contributed by atoms with E-state index in [0.717, 1.165) is 28.4 Å². The van der Waals surface area contributed by atoms with Crippen molar-refractivity contribution < 1.29 is 9.53 Å². The first-order chi connectivity index (χ1) is 10.6. The standard InChI is InChI=1S/C18H20N2O2/c1-3-22-18(21)13-5-7-14(8-6-13)20-11-16(19)15-9-4-12(2)10-17(15)20/h5-12H,3-4,19H2,1-2H3. The van der Waals surface area contributed by atoms with Crippen LogP contribution in [0.3, 0.4) is 0 Å². The van der Waals surface area contributed by atoms with Crippen molar-refractivity contribution in [2.24, 2.45) is 5.92 Å². The van der Waals surface area contributed by atoms with Crippen molar-refractivity contribution >= 4 is 23.8 Å². The van der Waals surface area contributed by atoms with Crippen LogP contribution in [-0.2, 0) is 4.74 Å². The van der Waals surface area contributed by atoms with E-state index in [2.05, 4.69) is 23.6 Å². The Labute approximate surface area is 129 Å². The predicted octanol–water partition coefficient (Wildman–Crippen LogP) is 1.84. The summed E-state index contributed by atoms with van der Waals surface area (Å²) >= 11 is 0. The molecule has 2 aromatic rings. The van der Waals surface area contributed by atoms with Gasteiger partial charge in [-0.1, -0.05) is 19.1 Å². The number of nitrogens with two attached hydrogens (primary N) is 1. The summed E-state index contributed by atoms with van der Waals surface area (Å²) in [5.41, 5.74) is 8.45. The van der Waals surface area contributed by atoms with Crippen molar-refractivity contribution in [3.05, 3.63) is 46.6 Å². The van der Waals surface area contributed by atoms with Crippen LogP contribution in [0.15, 0.2) is 30.5 Å². The smallest absolute Gasteiger partial charge is 0.338 e. The third-order valence-electron chi connectivity index (χ3n) is 3.91. The lowest BCUT2D eigenvalue weighted by Gasteiger charge is -2.09. The molecular weight excluding hydrogens is 276 g/mol. The molecule has 1 heterocycles. The third-order valence-corrected chi connectivity index (χ3v) is 3.91. The summed E-state index contributed by atoms with van der Waals surface area (Å²) in [6.45, 7) is 4.37. The molecule has 0 aliphatic heterocycles. The zero-order chi connectivity index (χ0) is 15.7. The molecule has 4 nitrogen and oxygen atoms in total. The van der Waals surface area contributed by atoms with Gasteiger partial charge in [-0.3, -0.25) is 0 Å². The molecule has 1 aliphatic carbocycles. The van der Waals surface area contributed by atoms with Crippen LogP contribution in [0.25, 0.3) is 17.8 Å². The molecule has 1 atom stereocenters. The normalized spacial score (nSPS) is 16.4. The Bertz CT molecular complexity index is 816. The van der Waals surface area contributed by atoms with Crippen LogP contribution in [0.2, 0.25) is 0 Å². The lowest BCUT2D eigenvalue weighted by atomic mass is 10.0. The van der Waals surface area contributed by atoms with Gasteiger partial charge in [0, 0.05) is 17.1 Å². The van der Waals surface area contributed by atoms with E-state index in [1.807, 2.05) is 18.3 Å². The Hall–Kier alpha value is -2.49. The van der Waals surface area contributed by atoms with Gasteiger partial charge in [0.2, 0.25) is 0 Å². The fourth-order valence-electron chi connectivity index (χ4n) is 2.78. The van der Waals surface area contributed by atoms with E-state index in [-0.39, 0.29) is 5.97 Å². The fourth-order valence-corrected chi connectivity index (χ4v) is 2.78. The Morgan fingerprint density at radius 2 is 2.09 bits per heavy atom. The van der Waals surface area contributed by atoms with Gasteiger partial charge in [0.1, 0.15) is 0 Å². The molecule has 114 valence electrons. The van der Waals surface area contributed by atoms with Crippen molar-refractivity contribution in [3.63, 3.8) is 0 Å². The first-order valence-electron chi connectivity index (χ1n) is 7.56. The topological polar surface area (TPSA) is 57.2 Å². The van der Waals surface area contributed by atoms with E-state index in [0.29, 0.717) is 18.1 Å². The minimum atomic E-state index is -0.295. The van der Waals surface area contributed by atoms with E-state index < -0.39 is 0 Å². The molecule has 1 unspecified atom stereocenters. The molecule has 0 spiro atoms. The summed E-state index contributed by atoms with van der Waals surface area (Å²) < 4.78 is 7.08. The van der Waals surface area contributed by atoms with Gasteiger partial charge in [-0.05, 0) is 43.5 Å². The maximum Gasteiger partial charge on any atom is 0.338 e. The van der Waals surface area contributed by atoms with Crippen molar-refractivity contribution in [1.82, 2.24) is 4.57 Å². The van der Waals surface area contributed by atoms with Gasteiger partial charge in [0.15, 0.2) is 0 Å². The average Bonchev–Trinajstić information content (AvgIpc) is 2.84. The number of benzene rings is 1. The molecule has 3 rings (SSSR count). The summed E-state index contributed by atoms with van der Waals surface area (Å²) in [6, 6.07) is 7.40. The van der Waals surface area contributed by atoms with Gasteiger partial charge in [-0.15, -0.1) is 0 Å². The maximum absolute atomic E-state index is 11.7. The van der Waals surface area contributed by atoms with Gasteiger partial charge in [-0.25, -0.2) is 4.79 Å². The molecule has 1 aromatic heterocycles. The highest BCUT2D eigenvalue weighted by atomic mass is 16.5. The summed E-state index contributed by atoms with van der Waals surface area (Å²) in [7, 11) is 0. The van der Waals surface area contributed by atoms with E-state index in [9.17, 15) is 4.79 Å². The van der Waals surface area contributed by atoms with Gasteiger partial charge in [0.05, 0.1) is 23.2 Å². The maximum atomic E-state index is 11.7. The van der Waals surface area contributed by atoms with Crippen LogP contribution >= 0.6 is 0 Å². The number of hydrogen-bond donors (Lipinski definition) is 1. The zero-order valence-corrected chi connectivity index (χ0v) is 12.9. The molecule has 0 radical (unpaired) electrons. The Kier molecular flexibility index (Phi) is 3.75. The molecule has 2 N–H and O–H groups in total. The van der Waals surface area contributed by atoms with Crippen LogP contribution in [0, 0.1) is 5.92 Å². The molecule has 0 saturated carbocycles. The van der Waals surface area contributed by atoms with Gasteiger partial charge < -0.3 is 15.0 Å². The quantitative estimate of drug-likeness (QED) is 0.879. The van der Waals surface area contributed by atoms with Crippen LogP contribution in [-0.4, -0.2) is 17.1 Å². The van der Waals surface area contributed by atoms with Crippen LogP contribution in [0.1, 0.15) is 30.6 Å². The Morgan fingerprint density at radius 1 is 1.36 bits per heavy atom. The van der Waals surface area contributed by atoms with Gasteiger partial charge >= 0.3 is 5.97 Å². The lowest BCUT2D eigenvalue weighted by molar-refractivity contribution is 0.0526. The molecule has 1 aliphatic rings. The van der Waals surface area contributed by atoms with Crippen molar-refractivity contribution in [3.8, 4) is 5.69 Å². The second-order valence-corrected chi connectivity index (χ2v) is 5.60. The highest BCUT2D eigenvalue weighted by Crippen LogP contribution is 2.13. The molecule has 0 saturated heterocycles. The number of nitrogen functional groups attached to an aromatic ring is 1. The Morgan fingerprint density at radius 3 is 2.77 bits per heavy atom. The van der Waals surface area contributed by atoms with Crippen molar-refractivity contribution in [1.29, 1.82) is 0 Å². The number of fused-ring (bicyclic) bond motifs is 1. The van der Waals surface area contributed by atoms with E-state index in [1.165, 1.54) is 0 Å². The molecule has 0 bridgehead atoms. The summed E-state index contributed by atoms with van der Waals surface area (Å²) in [5.74, 6) is 0.205. The number of aromatic nitrogens is 1. The monoisotopic (exact) mass is 296 g/mol. The number of nitrogens with zero attached hydrogens (tertiary/aromatic N) is 1. The van der Waals surface area contributed by atoms with Gasteiger partial charge in [0.25, 0.3) is 0 Å². The number of esters is 1. The first-order valence-corrected chi connectivity index (χ1v) is 7.56. The number of rotatable bonds is 3. The zero-order valence-electron chi connectivity index (χ0n) is 12.9. The average molecular weight is 296 g/mol. The lowest BCUT2D eigenvalue weighted by Crippen LogP contribution is -2.32. The number of carbonyl (C=O) groups excluding carboxylic acids is 1.